The van der Waals surface area contributed by atoms with Crippen LogP contribution in [0.5, 0.6) is 0 Å². The SMILES string of the molecule is CC(=O)OCC12C(OC(C)=O)CC3C(OC(C)=O)C1(OC3(C)C)C(C)(O)CCC2OC(=O)c1ccccc1. The Kier molecular flexibility index (Phi) is 7.12. The molecule has 0 amide bonds. The Morgan fingerprint density at radius 3 is 2.13 bits per heavy atom. The highest BCUT2D eigenvalue weighted by Crippen LogP contribution is 2.68. The van der Waals surface area contributed by atoms with Crippen LogP contribution in [0, 0.1) is 11.3 Å². The first-order valence-corrected chi connectivity index (χ1v) is 12.8. The molecule has 0 radical (unpaired) electrons. The second kappa shape index (κ2) is 9.64. The lowest BCUT2D eigenvalue weighted by molar-refractivity contribution is -0.340. The van der Waals surface area contributed by atoms with E-state index in [0.29, 0.717) is 5.56 Å². The lowest BCUT2D eigenvalue weighted by Gasteiger charge is -2.64. The van der Waals surface area contributed by atoms with Crippen LogP contribution in [0.25, 0.3) is 0 Å². The molecule has 1 aromatic rings. The third-order valence-corrected chi connectivity index (χ3v) is 8.46. The largest absolute Gasteiger partial charge is 0.465 e. The highest BCUT2D eigenvalue weighted by Gasteiger charge is 2.84. The smallest absolute Gasteiger partial charge is 0.338 e. The molecule has 208 valence electrons. The predicted octanol–water partition coefficient (Wildman–Crippen LogP) is 2.74. The van der Waals surface area contributed by atoms with Crippen LogP contribution >= 0.6 is 0 Å². The molecular formula is C28H36O10. The van der Waals surface area contributed by atoms with Crippen LogP contribution in [0.15, 0.2) is 30.3 Å². The van der Waals surface area contributed by atoms with Crippen LogP contribution in [-0.4, -0.2) is 70.7 Å². The van der Waals surface area contributed by atoms with Crippen molar-refractivity contribution in [3.63, 3.8) is 0 Å². The second-order valence-electron chi connectivity index (χ2n) is 11.3. The summed E-state index contributed by atoms with van der Waals surface area (Å²) in [6.45, 7) is 8.52. The zero-order valence-corrected chi connectivity index (χ0v) is 22.6. The highest BCUT2D eigenvalue weighted by atomic mass is 16.6. The Bertz CT molecular complexity index is 1110. The maximum absolute atomic E-state index is 13.3. The molecule has 4 rings (SSSR count). The molecule has 1 N–H and O–H groups in total. The van der Waals surface area contributed by atoms with E-state index in [0.717, 1.165) is 0 Å². The third-order valence-electron chi connectivity index (χ3n) is 8.46. The molecule has 1 spiro atoms. The summed E-state index contributed by atoms with van der Waals surface area (Å²) in [5.74, 6) is -2.95. The van der Waals surface area contributed by atoms with Gasteiger partial charge < -0.3 is 28.8 Å². The van der Waals surface area contributed by atoms with Crippen molar-refractivity contribution in [3.8, 4) is 0 Å². The molecular weight excluding hydrogens is 496 g/mol. The maximum Gasteiger partial charge on any atom is 0.338 e. The van der Waals surface area contributed by atoms with Gasteiger partial charge in [0.2, 0.25) is 0 Å². The summed E-state index contributed by atoms with van der Waals surface area (Å²) < 4.78 is 30.2. The number of ether oxygens (including phenoxy) is 5. The van der Waals surface area contributed by atoms with Crippen molar-refractivity contribution in [2.75, 3.05) is 6.61 Å². The van der Waals surface area contributed by atoms with E-state index in [1.165, 1.54) is 20.8 Å². The molecule has 38 heavy (non-hydrogen) atoms. The summed E-state index contributed by atoms with van der Waals surface area (Å²) in [6, 6.07) is 8.37. The maximum atomic E-state index is 13.3. The van der Waals surface area contributed by atoms with Crippen molar-refractivity contribution in [2.24, 2.45) is 11.3 Å². The van der Waals surface area contributed by atoms with Crippen LogP contribution in [0.3, 0.4) is 0 Å². The minimum atomic E-state index is -1.76. The molecule has 1 aliphatic heterocycles. The van der Waals surface area contributed by atoms with E-state index < -0.39 is 76.9 Å². The van der Waals surface area contributed by atoms with Crippen molar-refractivity contribution in [2.45, 2.75) is 95.9 Å². The van der Waals surface area contributed by atoms with Gasteiger partial charge >= 0.3 is 23.9 Å². The molecule has 1 heterocycles. The molecule has 10 nitrogen and oxygen atoms in total. The Hall–Kier alpha value is -2.98. The standard InChI is InChI=1S/C28H36O10/c1-16(29)34-15-27-21(37-24(32)19-10-8-7-9-11-19)12-13-26(6,33)28(27)23(36-18(3)31)20(25(4,5)38-28)14-22(27)35-17(2)30/h7-11,20-23,33H,12-15H2,1-6H3. The molecule has 1 saturated heterocycles. The average molecular weight is 533 g/mol. The molecule has 0 aromatic heterocycles. The van der Waals surface area contributed by atoms with Crippen molar-refractivity contribution in [3.05, 3.63) is 35.9 Å². The Labute approximate surface area is 221 Å². The molecule has 7 unspecified atom stereocenters. The average Bonchev–Trinajstić information content (AvgIpc) is 2.98. The number of fused-ring (bicyclic) bond motifs is 1. The molecule has 2 aliphatic carbocycles. The van der Waals surface area contributed by atoms with E-state index in [1.54, 1.807) is 37.3 Å². The van der Waals surface area contributed by atoms with Crippen molar-refractivity contribution < 1.29 is 48.0 Å². The molecule has 1 aromatic carbocycles. The minimum Gasteiger partial charge on any atom is -0.465 e. The third kappa shape index (κ3) is 4.27. The lowest BCUT2D eigenvalue weighted by Crippen LogP contribution is -2.81. The summed E-state index contributed by atoms with van der Waals surface area (Å²) in [5, 5.41) is 12.1. The molecule has 10 heteroatoms. The predicted molar refractivity (Wildman–Crippen MR) is 132 cm³/mol. The minimum absolute atomic E-state index is 0.106. The number of carbonyl (C=O) groups excluding carboxylic acids is 4. The van der Waals surface area contributed by atoms with Gasteiger partial charge in [0, 0.05) is 26.7 Å². The van der Waals surface area contributed by atoms with Gasteiger partial charge in [-0.25, -0.2) is 4.79 Å². The fourth-order valence-electron chi connectivity index (χ4n) is 7.01. The Morgan fingerprint density at radius 1 is 0.921 bits per heavy atom. The lowest BCUT2D eigenvalue weighted by atomic mass is 9.47. The van der Waals surface area contributed by atoms with E-state index >= 15 is 0 Å². The van der Waals surface area contributed by atoms with Gasteiger partial charge in [0.25, 0.3) is 0 Å². The number of aliphatic hydroxyl groups is 1. The zero-order valence-electron chi connectivity index (χ0n) is 22.6. The van der Waals surface area contributed by atoms with Crippen LogP contribution in [0.1, 0.15) is 71.2 Å². The number of benzene rings is 1. The van der Waals surface area contributed by atoms with E-state index in [2.05, 4.69) is 0 Å². The van der Waals surface area contributed by atoms with Gasteiger partial charge in [-0.15, -0.1) is 0 Å². The summed E-state index contributed by atoms with van der Waals surface area (Å²) in [5.41, 5.74) is -5.68. The van der Waals surface area contributed by atoms with Crippen LogP contribution in [0.4, 0.5) is 0 Å². The van der Waals surface area contributed by atoms with E-state index in [4.69, 9.17) is 23.7 Å². The van der Waals surface area contributed by atoms with Gasteiger partial charge in [-0.05, 0) is 52.2 Å². The fourth-order valence-corrected chi connectivity index (χ4v) is 7.01. The summed E-state index contributed by atoms with van der Waals surface area (Å²) in [6.07, 6.45) is -2.64. The zero-order chi connectivity index (χ0) is 28.1. The number of hydrogen-bond donors (Lipinski definition) is 1. The molecule has 2 bridgehead atoms. The number of rotatable bonds is 6. The Morgan fingerprint density at radius 2 is 1.55 bits per heavy atom. The monoisotopic (exact) mass is 532 g/mol. The molecule has 2 saturated carbocycles. The van der Waals surface area contributed by atoms with Gasteiger partial charge in [-0.2, -0.15) is 0 Å². The van der Waals surface area contributed by atoms with E-state index in [1.807, 2.05) is 13.8 Å². The topological polar surface area (TPSA) is 135 Å². The van der Waals surface area contributed by atoms with Gasteiger partial charge in [-0.3, -0.25) is 14.4 Å². The Balaban J connectivity index is 1.97. The van der Waals surface area contributed by atoms with Crippen molar-refractivity contribution in [1.82, 2.24) is 0 Å². The fraction of sp³-hybridized carbons (Fsp3) is 0.643. The first kappa shape index (κ1) is 28.0. The first-order chi connectivity index (χ1) is 17.7. The molecule has 3 fully saturated rings. The van der Waals surface area contributed by atoms with Gasteiger partial charge in [-0.1, -0.05) is 18.2 Å². The van der Waals surface area contributed by atoms with Crippen molar-refractivity contribution in [1.29, 1.82) is 0 Å². The van der Waals surface area contributed by atoms with Crippen LogP contribution in [0.2, 0.25) is 0 Å². The molecule has 3 aliphatic rings. The van der Waals surface area contributed by atoms with Crippen molar-refractivity contribution >= 4 is 23.9 Å². The van der Waals surface area contributed by atoms with E-state index in [-0.39, 0.29) is 19.3 Å². The summed E-state index contributed by atoms with van der Waals surface area (Å²) in [7, 11) is 0. The number of esters is 4. The van der Waals surface area contributed by atoms with Gasteiger partial charge in [0.1, 0.15) is 30.3 Å². The van der Waals surface area contributed by atoms with Gasteiger partial charge in [0.15, 0.2) is 5.60 Å². The van der Waals surface area contributed by atoms with E-state index in [9.17, 15) is 24.3 Å². The summed E-state index contributed by atoms with van der Waals surface area (Å²) in [4.78, 5) is 50.3. The van der Waals surface area contributed by atoms with Crippen LogP contribution < -0.4 is 0 Å². The van der Waals surface area contributed by atoms with Crippen LogP contribution in [-0.2, 0) is 38.1 Å². The quantitative estimate of drug-likeness (QED) is 0.430. The second-order valence-corrected chi connectivity index (χ2v) is 11.3. The number of carbonyl (C=O) groups is 4. The summed E-state index contributed by atoms with van der Waals surface area (Å²) >= 11 is 0. The number of hydrogen-bond acceptors (Lipinski definition) is 10. The highest BCUT2D eigenvalue weighted by molar-refractivity contribution is 5.89. The first-order valence-electron chi connectivity index (χ1n) is 12.8. The van der Waals surface area contributed by atoms with Gasteiger partial charge in [0.05, 0.1) is 16.8 Å². The normalized spacial score (nSPS) is 36.9. The molecule has 7 atom stereocenters.